The van der Waals surface area contributed by atoms with Gasteiger partial charge >= 0.3 is 6.03 Å². The van der Waals surface area contributed by atoms with E-state index in [4.69, 9.17) is 4.42 Å². The second-order valence-electron chi connectivity index (χ2n) is 4.85. The molecule has 2 amide bonds. The van der Waals surface area contributed by atoms with Gasteiger partial charge in [0.15, 0.2) is 0 Å². The summed E-state index contributed by atoms with van der Waals surface area (Å²) < 4.78 is 5.20. The fourth-order valence-corrected chi connectivity index (χ4v) is 2.45. The third kappa shape index (κ3) is 4.29. The number of nitrogens with one attached hydrogen (secondary N) is 2. The van der Waals surface area contributed by atoms with Crippen molar-refractivity contribution in [2.24, 2.45) is 0 Å². The summed E-state index contributed by atoms with van der Waals surface area (Å²) in [6.45, 7) is 1.88. The Morgan fingerprint density at radius 1 is 1.36 bits per heavy atom. The van der Waals surface area contributed by atoms with Crippen LogP contribution in [0.3, 0.4) is 0 Å². The SMILES string of the molecule is CS[C@H](C)c1cccc(NC(=O)N[C@H](CO)c2ccco2)c1. The number of thioether (sulfide) groups is 1. The van der Waals surface area contributed by atoms with Gasteiger partial charge in [0.2, 0.25) is 0 Å². The molecule has 0 aliphatic carbocycles. The molecule has 0 spiro atoms. The highest BCUT2D eigenvalue weighted by Gasteiger charge is 2.16. The first kappa shape index (κ1) is 16.5. The topological polar surface area (TPSA) is 74.5 Å². The van der Waals surface area contributed by atoms with Crippen molar-refractivity contribution < 1.29 is 14.3 Å². The fraction of sp³-hybridized carbons (Fsp3) is 0.312. The molecule has 22 heavy (non-hydrogen) atoms. The highest BCUT2D eigenvalue weighted by molar-refractivity contribution is 7.98. The van der Waals surface area contributed by atoms with Crippen LogP contribution in [0, 0.1) is 0 Å². The molecule has 0 bridgehead atoms. The van der Waals surface area contributed by atoms with E-state index in [0.29, 0.717) is 16.7 Å². The maximum atomic E-state index is 12.0. The number of urea groups is 1. The Bertz CT molecular complexity index is 601. The van der Waals surface area contributed by atoms with Gasteiger partial charge in [-0.3, -0.25) is 0 Å². The number of benzene rings is 1. The fourth-order valence-electron chi connectivity index (χ4n) is 2.03. The number of rotatable bonds is 6. The van der Waals surface area contributed by atoms with Crippen molar-refractivity contribution in [3.63, 3.8) is 0 Å². The van der Waals surface area contributed by atoms with Gasteiger partial charge in [0.1, 0.15) is 11.8 Å². The van der Waals surface area contributed by atoms with Crippen molar-refractivity contribution in [2.45, 2.75) is 18.2 Å². The van der Waals surface area contributed by atoms with Crippen molar-refractivity contribution in [2.75, 3.05) is 18.2 Å². The first-order valence-electron chi connectivity index (χ1n) is 6.98. The van der Waals surface area contributed by atoms with E-state index in [-0.39, 0.29) is 12.6 Å². The van der Waals surface area contributed by atoms with E-state index in [0.717, 1.165) is 5.56 Å². The highest BCUT2D eigenvalue weighted by Crippen LogP contribution is 2.27. The first-order chi connectivity index (χ1) is 10.6. The summed E-state index contributed by atoms with van der Waals surface area (Å²) in [5.74, 6) is 0.516. The van der Waals surface area contributed by atoms with Crippen LogP contribution in [0.2, 0.25) is 0 Å². The molecule has 2 atom stereocenters. The molecule has 0 aliphatic heterocycles. The van der Waals surface area contributed by atoms with Gasteiger partial charge in [-0.25, -0.2) is 4.79 Å². The van der Waals surface area contributed by atoms with E-state index in [1.807, 2.05) is 30.5 Å². The molecule has 0 saturated heterocycles. The zero-order valence-corrected chi connectivity index (χ0v) is 13.4. The van der Waals surface area contributed by atoms with Gasteiger partial charge < -0.3 is 20.2 Å². The summed E-state index contributed by atoms with van der Waals surface area (Å²) in [6, 6.07) is 10.2. The van der Waals surface area contributed by atoms with E-state index in [2.05, 4.69) is 17.6 Å². The summed E-state index contributed by atoms with van der Waals surface area (Å²) in [7, 11) is 0. The van der Waals surface area contributed by atoms with Crippen LogP contribution in [-0.2, 0) is 0 Å². The van der Waals surface area contributed by atoms with E-state index in [1.54, 1.807) is 23.9 Å². The van der Waals surface area contributed by atoms with Crippen molar-refractivity contribution in [3.05, 3.63) is 54.0 Å². The lowest BCUT2D eigenvalue weighted by molar-refractivity contribution is 0.215. The minimum Gasteiger partial charge on any atom is -0.467 e. The molecule has 3 N–H and O–H groups in total. The number of aliphatic hydroxyl groups excluding tert-OH is 1. The number of amides is 2. The molecule has 1 aromatic heterocycles. The van der Waals surface area contributed by atoms with Crippen LogP contribution in [0.5, 0.6) is 0 Å². The van der Waals surface area contributed by atoms with Crippen LogP contribution in [0.25, 0.3) is 0 Å². The maximum Gasteiger partial charge on any atom is 0.319 e. The maximum absolute atomic E-state index is 12.0. The third-order valence-corrected chi connectivity index (χ3v) is 4.32. The van der Waals surface area contributed by atoms with Gasteiger partial charge in [0.25, 0.3) is 0 Å². The molecule has 2 aromatic rings. The Hall–Kier alpha value is -1.92. The predicted molar refractivity (Wildman–Crippen MR) is 89.1 cm³/mol. The molecule has 0 radical (unpaired) electrons. The lowest BCUT2D eigenvalue weighted by Gasteiger charge is -2.15. The minimum absolute atomic E-state index is 0.232. The van der Waals surface area contributed by atoms with Crippen LogP contribution in [0.4, 0.5) is 10.5 Å². The number of carbonyl (C=O) groups excluding carboxylic acids is 1. The first-order valence-corrected chi connectivity index (χ1v) is 8.27. The molecule has 0 aliphatic rings. The molecular weight excluding hydrogens is 300 g/mol. The smallest absolute Gasteiger partial charge is 0.319 e. The molecule has 0 saturated carbocycles. The van der Waals surface area contributed by atoms with Crippen molar-refractivity contribution in [3.8, 4) is 0 Å². The molecular formula is C16H20N2O3S. The predicted octanol–water partition coefficient (Wildman–Crippen LogP) is 3.56. The lowest BCUT2D eigenvalue weighted by Crippen LogP contribution is -2.34. The summed E-state index contributed by atoms with van der Waals surface area (Å²) in [5, 5.41) is 15.2. The van der Waals surface area contributed by atoms with Crippen LogP contribution < -0.4 is 10.6 Å². The number of furan rings is 1. The van der Waals surface area contributed by atoms with E-state index < -0.39 is 6.04 Å². The number of anilines is 1. The second kappa shape index (κ2) is 7.91. The normalized spacial score (nSPS) is 13.4. The lowest BCUT2D eigenvalue weighted by atomic mass is 10.1. The molecule has 1 aromatic carbocycles. The van der Waals surface area contributed by atoms with Crippen molar-refractivity contribution in [1.29, 1.82) is 0 Å². The van der Waals surface area contributed by atoms with Gasteiger partial charge in [-0.1, -0.05) is 12.1 Å². The quantitative estimate of drug-likeness (QED) is 0.761. The minimum atomic E-state index is -0.566. The van der Waals surface area contributed by atoms with Gasteiger partial charge in [-0.2, -0.15) is 11.8 Å². The van der Waals surface area contributed by atoms with E-state index in [9.17, 15) is 9.90 Å². The van der Waals surface area contributed by atoms with Gasteiger partial charge in [-0.05, 0) is 43.0 Å². The Labute approximate surface area is 134 Å². The molecule has 1 heterocycles. The van der Waals surface area contributed by atoms with Gasteiger partial charge in [-0.15, -0.1) is 0 Å². The zero-order valence-electron chi connectivity index (χ0n) is 12.6. The Balaban J connectivity index is 1.99. The number of hydrogen-bond acceptors (Lipinski definition) is 4. The summed E-state index contributed by atoms with van der Waals surface area (Å²) in [5.41, 5.74) is 1.86. The Kier molecular flexibility index (Phi) is 5.91. The van der Waals surface area contributed by atoms with Crippen molar-refractivity contribution >= 4 is 23.5 Å². The molecule has 0 unspecified atom stereocenters. The average Bonchev–Trinajstić information content (AvgIpc) is 3.06. The monoisotopic (exact) mass is 320 g/mol. The summed E-state index contributed by atoms with van der Waals surface area (Å²) in [4.78, 5) is 12.0. The second-order valence-corrected chi connectivity index (χ2v) is 6.03. The summed E-state index contributed by atoms with van der Waals surface area (Å²) in [6.07, 6.45) is 3.55. The molecule has 6 heteroatoms. The van der Waals surface area contributed by atoms with Crippen LogP contribution >= 0.6 is 11.8 Å². The average molecular weight is 320 g/mol. The number of aliphatic hydroxyl groups is 1. The third-order valence-electron chi connectivity index (χ3n) is 3.34. The van der Waals surface area contributed by atoms with Crippen LogP contribution in [0.1, 0.15) is 29.5 Å². The van der Waals surface area contributed by atoms with Gasteiger partial charge in [0, 0.05) is 10.9 Å². The molecule has 0 fully saturated rings. The zero-order chi connectivity index (χ0) is 15.9. The summed E-state index contributed by atoms with van der Waals surface area (Å²) >= 11 is 1.74. The number of hydrogen-bond donors (Lipinski definition) is 3. The van der Waals surface area contributed by atoms with E-state index >= 15 is 0 Å². The highest BCUT2D eigenvalue weighted by atomic mass is 32.2. The molecule has 118 valence electrons. The van der Waals surface area contributed by atoms with Crippen LogP contribution in [0.15, 0.2) is 47.1 Å². The van der Waals surface area contributed by atoms with E-state index in [1.165, 1.54) is 6.26 Å². The molecule has 2 rings (SSSR count). The number of carbonyl (C=O) groups is 1. The standard InChI is InChI=1S/C16H20N2O3S/c1-11(22-2)12-5-3-6-13(9-12)17-16(20)18-14(10-19)15-7-4-8-21-15/h3-9,11,14,19H,10H2,1-2H3,(H2,17,18,20)/t11-,14-/m1/s1. The Morgan fingerprint density at radius 3 is 2.82 bits per heavy atom. The molecule has 5 nitrogen and oxygen atoms in total. The Morgan fingerprint density at radius 2 is 2.18 bits per heavy atom. The van der Waals surface area contributed by atoms with Crippen LogP contribution in [-0.4, -0.2) is 24.0 Å². The van der Waals surface area contributed by atoms with Gasteiger partial charge in [0.05, 0.1) is 12.9 Å². The largest absolute Gasteiger partial charge is 0.467 e. The van der Waals surface area contributed by atoms with Crippen molar-refractivity contribution in [1.82, 2.24) is 5.32 Å².